The van der Waals surface area contributed by atoms with Gasteiger partial charge in [-0.25, -0.2) is 0 Å². The van der Waals surface area contributed by atoms with Gasteiger partial charge in [0.2, 0.25) is 0 Å². The lowest BCUT2D eigenvalue weighted by molar-refractivity contribution is -0.605. The van der Waals surface area contributed by atoms with Gasteiger partial charge in [-0.3, -0.25) is 9.59 Å². The Morgan fingerprint density at radius 3 is 2.32 bits per heavy atom. The van der Waals surface area contributed by atoms with Gasteiger partial charge in [0.15, 0.2) is 12.4 Å². The van der Waals surface area contributed by atoms with Crippen molar-refractivity contribution in [2.24, 2.45) is 11.1 Å². The fourth-order valence-electron chi connectivity index (χ4n) is 3.66. The fraction of sp³-hybridized carbons (Fsp3) is 0.231. The molecule has 0 fully saturated rings. The van der Waals surface area contributed by atoms with Crippen molar-refractivity contribution in [3.8, 4) is 11.1 Å². The van der Waals surface area contributed by atoms with Gasteiger partial charge in [0.05, 0.1) is 18.7 Å². The molecule has 2 N–H and O–H groups in total. The number of amides is 1. The Bertz CT molecular complexity index is 1170. The maximum Gasteiger partial charge on any atom is 0.311 e. The molecule has 3 rings (SSSR count). The van der Waals surface area contributed by atoms with Crippen LogP contribution in [0, 0.1) is 11.1 Å². The quantitative estimate of drug-likeness (QED) is 0.133. The monoisotopic (exact) mass is 461 g/mol. The van der Waals surface area contributed by atoms with Gasteiger partial charge >= 0.3 is 5.97 Å². The van der Waals surface area contributed by atoms with Gasteiger partial charge in [-0.1, -0.05) is 35.5 Å². The summed E-state index contributed by atoms with van der Waals surface area (Å²) in [6.07, 6.45) is 3.17. The minimum atomic E-state index is -0.613. The number of nitrogens with one attached hydrogen (secondary N) is 1. The lowest BCUT2D eigenvalue weighted by atomic mass is 9.91. The number of esters is 1. The number of hydrogen-bond donors (Lipinski definition) is 2. The minimum Gasteiger partial charge on any atom is -0.619 e. The van der Waals surface area contributed by atoms with Crippen molar-refractivity contribution >= 4 is 17.6 Å². The Kier molecular flexibility index (Phi) is 7.97. The van der Waals surface area contributed by atoms with Crippen molar-refractivity contribution in [3.05, 3.63) is 95.0 Å². The highest BCUT2D eigenvalue weighted by Gasteiger charge is 2.28. The van der Waals surface area contributed by atoms with Crippen molar-refractivity contribution in [2.45, 2.75) is 26.3 Å². The number of aromatic nitrogens is 1. The van der Waals surface area contributed by atoms with Crippen molar-refractivity contribution in [1.29, 1.82) is 0 Å². The Morgan fingerprint density at radius 1 is 1.06 bits per heavy atom. The Hall–Kier alpha value is -4.20. The normalized spacial score (nSPS) is 13.1. The zero-order valence-electron chi connectivity index (χ0n) is 19.3. The number of oxime groups is 1. The van der Waals surface area contributed by atoms with E-state index in [-0.39, 0.29) is 5.91 Å². The van der Waals surface area contributed by atoms with Crippen LogP contribution in [0.15, 0.2) is 78.2 Å². The van der Waals surface area contributed by atoms with E-state index in [1.54, 1.807) is 50.2 Å². The summed E-state index contributed by atoms with van der Waals surface area (Å²) in [5, 5.41) is 26.4. The standard InChI is InChI=1S/C26H27N3O5/c1-17(28-32)23-6-4-5-19(15-23)16-24(26(31)34-3)18(2)27-25(30)22-9-7-20(8-10-22)21-11-13-29(33)14-12-21/h4-15,18,24,32H,16H2,1-3H3,(H,27,30)/b28-17+/t18?,24-/m1/s1. The predicted molar refractivity (Wildman–Crippen MR) is 127 cm³/mol. The fourth-order valence-corrected chi connectivity index (χ4v) is 3.66. The third-order valence-corrected chi connectivity index (χ3v) is 5.70. The molecule has 1 amide bonds. The molecule has 1 aromatic heterocycles. The average molecular weight is 462 g/mol. The largest absolute Gasteiger partial charge is 0.619 e. The molecule has 34 heavy (non-hydrogen) atoms. The van der Waals surface area contributed by atoms with E-state index in [4.69, 9.17) is 9.94 Å². The van der Waals surface area contributed by atoms with Crippen LogP contribution in [0.4, 0.5) is 0 Å². The third-order valence-electron chi connectivity index (χ3n) is 5.70. The number of hydrogen-bond acceptors (Lipinski definition) is 6. The molecule has 1 unspecified atom stereocenters. The van der Waals surface area contributed by atoms with Crippen LogP contribution in [0.5, 0.6) is 0 Å². The first-order valence-electron chi connectivity index (χ1n) is 10.8. The maximum absolute atomic E-state index is 12.8. The lowest BCUT2D eigenvalue weighted by Crippen LogP contribution is -2.42. The summed E-state index contributed by atoms with van der Waals surface area (Å²) in [5.41, 5.74) is 4.24. The molecule has 3 aromatic rings. The third kappa shape index (κ3) is 5.98. The van der Waals surface area contributed by atoms with Gasteiger partial charge < -0.3 is 20.5 Å². The SMILES string of the molecule is COC(=O)[C@H](Cc1cccc(/C(C)=N/O)c1)C(C)NC(=O)c1ccc(-c2cc[n+]([O-])cc2)cc1. The van der Waals surface area contributed by atoms with Crippen LogP contribution >= 0.6 is 0 Å². The van der Waals surface area contributed by atoms with E-state index in [0.717, 1.165) is 22.3 Å². The van der Waals surface area contributed by atoms with Crippen molar-refractivity contribution in [3.63, 3.8) is 0 Å². The first-order chi connectivity index (χ1) is 16.3. The summed E-state index contributed by atoms with van der Waals surface area (Å²) in [6, 6.07) is 17.3. The van der Waals surface area contributed by atoms with Crippen LogP contribution < -0.4 is 10.0 Å². The molecule has 0 saturated carbocycles. The highest BCUT2D eigenvalue weighted by Crippen LogP contribution is 2.20. The van der Waals surface area contributed by atoms with Crippen molar-refractivity contribution in [2.75, 3.05) is 7.11 Å². The van der Waals surface area contributed by atoms with Gasteiger partial charge in [-0.05, 0) is 60.7 Å². The molecule has 0 saturated heterocycles. The molecule has 0 aliphatic rings. The number of methoxy groups -OCH3 is 1. The van der Waals surface area contributed by atoms with Crippen LogP contribution in [-0.4, -0.2) is 35.9 Å². The molecule has 0 bridgehead atoms. The average Bonchev–Trinajstić information content (AvgIpc) is 2.87. The van der Waals surface area contributed by atoms with Gasteiger partial charge in [0, 0.05) is 23.7 Å². The number of carbonyl (C=O) groups excluding carboxylic acids is 2. The van der Waals surface area contributed by atoms with E-state index in [1.165, 1.54) is 19.5 Å². The summed E-state index contributed by atoms with van der Waals surface area (Å²) in [7, 11) is 1.32. The highest BCUT2D eigenvalue weighted by atomic mass is 16.5. The molecule has 0 radical (unpaired) electrons. The second kappa shape index (κ2) is 11.1. The van der Waals surface area contributed by atoms with E-state index in [0.29, 0.717) is 22.4 Å². The minimum absolute atomic E-state index is 0.310. The second-order valence-electron chi connectivity index (χ2n) is 8.01. The smallest absolute Gasteiger partial charge is 0.311 e. The summed E-state index contributed by atoms with van der Waals surface area (Å²) < 4.78 is 5.70. The number of benzene rings is 2. The Morgan fingerprint density at radius 2 is 1.71 bits per heavy atom. The first kappa shape index (κ1) is 24.4. The van der Waals surface area contributed by atoms with Crippen molar-refractivity contribution < 1.29 is 24.3 Å². The van der Waals surface area contributed by atoms with Gasteiger partial charge in [0.1, 0.15) is 0 Å². The zero-order chi connectivity index (χ0) is 24.7. The summed E-state index contributed by atoms with van der Waals surface area (Å²) >= 11 is 0. The topological polar surface area (TPSA) is 115 Å². The number of rotatable bonds is 8. The van der Waals surface area contributed by atoms with Crippen LogP contribution in [0.1, 0.15) is 35.3 Å². The van der Waals surface area contributed by atoms with E-state index in [9.17, 15) is 14.8 Å². The number of nitrogens with zero attached hydrogens (tertiary/aromatic N) is 2. The molecule has 2 aromatic carbocycles. The Labute approximate surface area is 198 Å². The number of ether oxygens (including phenoxy) is 1. The molecular weight excluding hydrogens is 434 g/mol. The second-order valence-corrected chi connectivity index (χ2v) is 8.01. The van der Waals surface area contributed by atoms with Gasteiger partial charge in [-0.15, -0.1) is 0 Å². The van der Waals surface area contributed by atoms with E-state index in [2.05, 4.69) is 10.5 Å². The van der Waals surface area contributed by atoms with Crippen LogP contribution in [0.2, 0.25) is 0 Å². The molecule has 0 aliphatic heterocycles. The molecule has 176 valence electrons. The predicted octanol–water partition coefficient (Wildman–Crippen LogP) is 3.34. The summed E-state index contributed by atoms with van der Waals surface area (Å²) in [5.74, 6) is -1.35. The van der Waals surface area contributed by atoms with Crippen LogP contribution in [-0.2, 0) is 16.0 Å². The van der Waals surface area contributed by atoms with E-state index < -0.39 is 17.9 Å². The zero-order valence-corrected chi connectivity index (χ0v) is 19.3. The number of carbonyl (C=O) groups is 2. The van der Waals surface area contributed by atoms with Crippen molar-refractivity contribution in [1.82, 2.24) is 5.32 Å². The molecule has 8 heteroatoms. The molecule has 0 spiro atoms. The lowest BCUT2D eigenvalue weighted by Gasteiger charge is -2.23. The maximum atomic E-state index is 12.8. The summed E-state index contributed by atoms with van der Waals surface area (Å²) in [4.78, 5) is 25.4. The highest BCUT2D eigenvalue weighted by molar-refractivity contribution is 5.98. The molecular formula is C26H27N3O5. The Balaban J connectivity index is 1.72. The van der Waals surface area contributed by atoms with Gasteiger partial charge in [-0.2, -0.15) is 4.73 Å². The molecule has 1 heterocycles. The van der Waals surface area contributed by atoms with Crippen LogP contribution in [0.25, 0.3) is 11.1 Å². The van der Waals surface area contributed by atoms with Crippen LogP contribution in [0.3, 0.4) is 0 Å². The molecule has 0 aliphatic carbocycles. The molecule has 8 nitrogen and oxygen atoms in total. The first-order valence-corrected chi connectivity index (χ1v) is 10.8. The van der Waals surface area contributed by atoms with E-state index in [1.807, 2.05) is 24.3 Å². The summed E-state index contributed by atoms with van der Waals surface area (Å²) in [6.45, 7) is 3.45. The molecule has 2 atom stereocenters. The van der Waals surface area contributed by atoms with E-state index >= 15 is 0 Å². The van der Waals surface area contributed by atoms with Gasteiger partial charge in [0.25, 0.3) is 5.91 Å². The number of pyridine rings is 1.